The van der Waals surface area contributed by atoms with E-state index in [1.807, 2.05) is 17.9 Å². The van der Waals surface area contributed by atoms with E-state index in [4.69, 9.17) is 0 Å². The molecule has 5 heteroatoms. The number of hydrogen-bond acceptors (Lipinski definition) is 3. The van der Waals surface area contributed by atoms with Gasteiger partial charge < -0.3 is 0 Å². The molecule has 1 aromatic heterocycles. The van der Waals surface area contributed by atoms with Crippen LogP contribution in [0.3, 0.4) is 0 Å². The largest absolute Gasteiger partial charge is 0.281 e. The van der Waals surface area contributed by atoms with Crippen LogP contribution in [0.1, 0.15) is 26.5 Å². The van der Waals surface area contributed by atoms with Crippen molar-refractivity contribution in [2.75, 3.05) is 10.7 Å². The number of thioether (sulfide) groups is 1. The van der Waals surface area contributed by atoms with Gasteiger partial charge in [-0.15, -0.1) is 11.8 Å². The number of nitrogens with zero attached hydrogens (tertiary/aromatic N) is 2. The number of rotatable bonds is 1. The highest BCUT2D eigenvalue weighted by Gasteiger charge is 2.41. The van der Waals surface area contributed by atoms with E-state index in [-0.39, 0.29) is 16.7 Å². The summed E-state index contributed by atoms with van der Waals surface area (Å²) in [6.45, 7) is 8.39. The molecule has 2 rings (SSSR count). The van der Waals surface area contributed by atoms with Gasteiger partial charge in [-0.3, -0.25) is 14.8 Å². The normalized spacial score (nSPS) is 21.9. The maximum atomic E-state index is 11.9. The lowest BCUT2D eigenvalue weighted by atomic mass is 9.95. The molecule has 0 aliphatic carbocycles. The van der Waals surface area contributed by atoms with Crippen molar-refractivity contribution in [2.45, 2.75) is 33.1 Å². The number of anilines is 1. The predicted octanol–water partition coefficient (Wildman–Crippen LogP) is 2.17. The van der Waals surface area contributed by atoms with Crippen molar-refractivity contribution in [3.05, 3.63) is 11.8 Å². The summed E-state index contributed by atoms with van der Waals surface area (Å²) >= 11 is 1.69. The third-order valence-corrected chi connectivity index (χ3v) is 4.20. The lowest BCUT2D eigenvalue weighted by molar-refractivity contribution is -0.116. The average Bonchev–Trinajstić information content (AvgIpc) is 2.70. The fourth-order valence-corrected chi connectivity index (χ4v) is 3.15. The fourth-order valence-electron chi connectivity index (χ4n) is 1.84. The Balaban J connectivity index is 2.33. The minimum Gasteiger partial charge on any atom is -0.281 e. The number of hydrogen-bond donors (Lipinski definition) is 1. The molecule has 1 fully saturated rings. The molecule has 1 aliphatic rings. The van der Waals surface area contributed by atoms with Gasteiger partial charge in [-0.2, -0.15) is 5.10 Å². The van der Waals surface area contributed by atoms with E-state index in [0.29, 0.717) is 5.75 Å². The van der Waals surface area contributed by atoms with Crippen LogP contribution in [0.15, 0.2) is 6.07 Å². The van der Waals surface area contributed by atoms with E-state index >= 15 is 0 Å². The third-order valence-electron chi connectivity index (χ3n) is 2.55. The Morgan fingerprint density at radius 1 is 1.56 bits per heavy atom. The second-order valence-electron chi connectivity index (χ2n) is 5.20. The van der Waals surface area contributed by atoms with Crippen LogP contribution in [-0.4, -0.2) is 27.2 Å². The highest BCUT2D eigenvalue weighted by molar-refractivity contribution is 8.01. The lowest BCUT2D eigenvalue weighted by Gasteiger charge is -2.32. The first-order valence-corrected chi connectivity index (χ1v) is 6.40. The summed E-state index contributed by atoms with van der Waals surface area (Å²) in [6, 6.07) is 1.92. The molecule has 88 valence electrons. The van der Waals surface area contributed by atoms with E-state index in [1.165, 1.54) is 0 Å². The van der Waals surface area contributed by atoms with Gasteiger partial charge in [0.15, 0.2) is 5.82 Å². The number of aromatic amines is 1. The summed E-state index contributed by atoms with van der Waals surface area (Å²) < 4.78 is 0. The minimum atomic E-state index is 0.0592. The van der Waals surface area contributed by atoms with Gasteiger partial charge in [0.05, 0.1) is 11.1 Å². The van der Waals surface area contributed by atoms with E-state index in [9.17, 15) is 4.79 Å². The van der Waals surface area contributed by atoms with Gasteiger partial charge in [-0.1, -0.05) is 20.8 Å². The molecule has 1 amide bonds. The fraction of sp³-hybridized carbons (Fsp3) is 0.636. The molecular formula is C11H17N3OS. The van der Waals surface area contributed by atoms with Gasteiger partial charge in [-0.05, 0) is 12.3 Å². The number of carbonyl (C=O) groups excluding carboxylic acids is 1. The average molecular weight is 239 g/mol. The Morgan fingerprint density at radius 3 is 2.75 bits per heavy atom. The monoisotopic (exact) mass is 239 g/mol. The van der Waals surface area contributed by atoms with Gasteiger partial charge in [0.2, 0.25) is 5.91 Å². The molecular weight excluding hydrogens is 222 g/mol. The first-order chi connectivity index (χ1) is 7.39. The maximum Gasteiger partial charge on any atom is 0.239 e. The van der Waals surface area contributed by atoms with Crippen LogP contribution in [0.25, 0.3) is 0 Å². The number of aryl methyl sites for hydroxylation is 1. The molecule has 1 N–H and O–H groups in total. The standard InChI is InChI=1S/C11H17N3OS/c1-7-5-8(13-12-7)14-9(15)6-16-10(14)11(2,3)4/h5,10H,6H2,1-4H3,(H,12,13). The molecule has 1 unspecified atom stereocenters. The minimum absolute atomic E-state index is 0.0592. The summed E-state index contributed by atoms with van der Waals surface area (Å²) in [5, 5.41) is 7.23. The molecule has 0 aromatic carbocycles. The van der Waals surface area contributed by atoms with Crippen molar-refractivity contribution >= 4 is 23.5 Å². The van der Waals surface area contributed by atoms with Gasteiger partial charge in [0, 0.05) is 11.8 Å². The van der Waals surface area contributed by atoms with Crippen LogP contribution in [-0.2, 0) is 4.79 Å². The van der Waals surface area contributed by atoms with E-state index in [0.717, 1.165) is 11.5 Å². The lowest BCUT2D eigenvalue weighted by Crippen LogP contribution is -2.40. The number of amides is 1. The van der Waals surface area contributed by atoms with Crippen LogP contribution < -0.4 is 4.90 Å². The summed E-state index contributed by atoms with van der Waals surface area (Å²) in [5.74, 6) is 1.44. The summed E-state index contributed by atoms with van der Waals surface area (Å²) in [4.78, 5) is 13.7. The first-order valence-electron chi connectivity index (χ1n) is 5.35. The van der Waals surface area contributed by atoms with Crippen molar-refractivity contribution in [2.24, 2.45) is 5.41 Å². The molecule has 1 saturated heterocycles. The highest BCUT2D eigenvalue weighted by atomic mass is 32.2. The molecule has 16 heavy (non-hydrogen) atoms. The van der Waals surface area contributed by atoms with E-state index in [2.05, 4.69) is 31.0 Å². The SMILES string of the molecule is Cc1cc(N2C(=O)CSC2C(C)(C)C)n[nH]1. The molecule has 1 atom stereocenters. The van der Waals surface area contributed by atoms with Gasteiger partial charge in [-0.25, -0.2) is 0 Å². The van der Waals surface area contributed by atoms with Gasteiger partial charge in [0.25, 0.3) is 0 Å². The van der Waals surface area contributed by atoms with Crippen LogP contribution in [0, 0.1) is 12.3 Å². The molecule has 1 aromatic rings. The van der Waals surface area contributed by atoms with E-state index in [1.54, 1.807) is 11.8 Å². The Hall–Kier alpha value is -0.970. The number of nitrogens with one attached hydrogen (secondary N) is 1. The molecule has 0 bridgehead atoms. The number of aromatic nitrogens is 2. The molecule has 2 heterocycles. The third kappa shape index (κ3) is 1.96. The van der Waals surface area contributed by atoms with E-state index < -0.39 is 0 Å². The van der Waals surface area contributed by atoms with Crippen molar-refractivity contribution < 1.29 is 4.79 Å². The van der Waals surface area contributed by atoms with Crippen molar-refractivity contribution in [1.29, 1.82) is 0 Å². The molecule has 0 spiro atoms. The van der Waals surface area contributed by atoms with Crippen molar-refractivity contribution in [1.82, 2.24) is 10.2 Å². The molecule has 1 aliphatic heterocycles. The van der Waals surface area contributed by atoms with Crippen molar-refractivity contribution in [3.8, 4) is 0 Å². The summed E-state index contributed by atoms with van der Waals surface area (Å²) in [6.07, 6.45) is 0. The predicted molar refractivity (Wildman–Crippen MR) is 66.5 cm³/mol. The van der Waals surface area contributed by atoms with Crippen LogP contribution in [0.2, 0.25) is 0 Å². The topological polar surface area (TPSA) is 49.0 Å². The van der Waals surface area contributed by atoms with Crippen LogP contribution >= 0.6 is 11.8 Å². The number of carbonyl (C=O) groups is 1. The molecule has 0 saturated carbocycles. The Morgan fingerprint density at radius 2 is 2.25 bits per heavy atom. The summed E-state index contributed by atoms with van der Waals surface area (Å²) in [5.41, 5.74) is 1.04. The zero-order chi connectivity index (χ0) is 11.9. The van der Waals surface area contributed by atoms with Crippen LogP contribution in [0.5, 0.6) is 0 Å². The zero-order valence-corrected chi connectivity index (χ0v) is 10.9. The quantitative estimate of drug-likeness (QED) is 0.817. The summed E-state index contributed by atoms with van der Waals surface area (Å²) in [7, 11) is 0. The molecule has 0 radical (unpaired) electrons. The molecule has 4 nitrogen and oxygen atoms in total. The number of H-pyrrole nitrogens is 1. The second-order valence-corrected chi connectivity index (χ2v) is 6.27. The highest BCUT2D eigenvalue weighted by Crippen LogP contribution is 2.40. The Kier molecular flexibility index (Phi) is 2.74. The first kappa shape index (κ1) is 11.5. The second kappa shape index (κ2) is 3.80. The van der Waals surface area contributed by atoms with Crippen molar-refractivity contribution in [3.63, 3.8) is 0 Å². The maximum absolute atomic E-state index is 11.9. The zero-order valence-electron chi connectivity index (χ0n) is 10.1. The smallest absolute Gasteiger partial charge is 0.239 e. The Bertz CT molecular complexity index is 408. The Labute approximate surface area is 99.8 Å². The van der Waals surface area contributed by atoms with Crippen LogP contribution in [0.4, 0.5) is 5.82 Å². The van der Waals surface area contributed by atoms with Gasteiger partial charge >= 0.3 is 0 Å². The van der Waals surface area contributed by atoms with Gasteiger partial charge in [0.1, 0.15) is 0 Å².